The molecule has 1 heterocycles. The summed E-state index contributed by atoms with van der Waals surface area (Å²) >= 11 is 0. The maximum Gasteiger partial charge on any atom is 0.264 e. The number of rotatable bonds is 6. The minimum absolute atomic E-state index is 0.657. The molecule has 0 amide bonds. The molecule has 1 aliphatic heterocycles. The Morgan fingerprint density at radius 1 is 1.05 bits per heavy atom. The second-order valence-corrected chi connectivity index (χ2v) is 7.68. The van der Waals surface area contributed by atoms with Crippen LogP contribution < -0.4 is 0 Å². The molecule has 0 aromatic heterocycles. The molecular weight excluding hydrogens is 332 g/mol. The number of methoxy groups -OCH3 is 1. The number of hydrogen-bond donors (Lipinski definition) is 2. The molecule has 0 unspecified atom stereocenters. The molecule has 1 rings (SSSR count). The van der Waals surface area contributed by atoms with E-state index >= 15 is 0 Å². The highest BCUT2D eigenvalue weighted by atomic mass is 32.2. The van der Waals surface area contributed by atoms with E-state index < -0.39 is 57.5 Å². The normalized spacial score (nSPS) is 34.8. The summed E-state index contributed by atoms with van der Waals surface area (Å²) in [5.74, 6) is 0. The van der Waals surface area contributed by atoms with Gasteiger partial charge in [-0.25, -0.2) is 0 Å². The summed E-state index contributed by atoms with van der Waals surface area (Å²) < 4.78 is 64.4. The monoisotopic (exact) mass is 350 g/mol. The second-order valence-electron chi connectivity index (χ2n) is 4.48. The molecule has 5 atom stereocenters. The van der Waals surface area contributed by atoms with Gasteiger partial charge in [0, 0.05) is 7.11 Å². The lowest BCUT2D eigenvalue weighted by Gasteiger charge is -2.41. The number of ether oxygens (including phenoxy) is 2. The molecule has 10 nitrogen and oxygen atoms in total. The van der Waals surface area contributed by atoms with Gasteiger partial charge in [-0.15, -0.1) is 0 Å². The SMILES string of the molecule is CO[C@H]1O[C@H](CO)[C@@H](O)[C@@H](OS(C)(=O)=O)[C@@H]1OS(C)(=O)=O. The summed E-state index contributed by atoms with van der Waals surface area (Å²) in [5, 5.41) is 19.1. The summed E-state index contributed by atoms with van der Waals surface area (Å²) in [4.78, 5) is 0. The molecule has 0 aromatic rings. The molecular formula is C9H18O10S2. The largest absolute Gasteiger partial charge is 0.394 e. The molecule has 0 aromatic carbocycles. The summed E-state index contributed by atoms with van der Waals surface area (Å²) in [6.07, 6.45) is -5.93. The van der Waals surface area contributed by atoms with Crippen molar-refractivity contribution in [1.29, 1.82) is 0 Å². The van der Waals surface area contributed by atoms with Crippen LogP contribution in [0.3, 0.4) is 0 Å². The second kappa shape index (κ2) is 6.83. The van der Waals surface area contributed by atoms with Gasteiger partial charge in [0.05, 0.1) is 19.1 Å². The highest BCUT2D eigenvalue weighted by molar-refractivity contribution is 7.86. The van der Waals surface area contributed by atoms with Gasteiger partial charge in [-0.2, -0.15) is 16.8 Å². The van der Waals surface area contributed by atoms with Crippen LogP contribution in [0.4, 0.5) is 0 Å². The fourth-order valence-corrected chi connectivity index (χ4v) is 3.08. The molecule has 1 saturated heterocycles. The van der Waals surface area contributed by atoms with Crippen LogP contribution in [-0.4, -0.2) is 84.0 Å². The van der Waals surface area contributed by atoms with E-state index in [4.69, 9.17) is 18.8 Å². The predicted octanol–water partition coefficient (Wildman–Crippen LogP) is -2.60. The zero-order valence-electron chi connectivity index (χ0n) is 11.6. The smallest absolute Gasteiger partial charge is 0.264 e. The van der Waals surface area contributed by atoms with Crippen LogP contribution in [0.1, 0.15) is 0 Å². The van der Waals surface area contributed by atoms with E-state index in [0.717, 1.165) is 19.6 Å². The van der Waals surface area contributed by atoms with Gasteiger partial charge in [0.2, 0.25) is 0 Å². The van der Waals surface area contributed by atoms with Gasteiger partial charge in [0.15, 0.2) is 12.4 Å². The summed E-state index contributed by atoms with van der Waals surface area (Å²) in [5.41, 5.74) is 0. The Morgan fingerprint density at radius 3 is 1.90 bits per heavy atom. The molecule has 21 heavy (non-hydrogen) atoms. The van der Waals surface area contributed by atoms with Crippen LogP contribution in [0.15, 0.2) is 0 Å². The lowest BCUT2D eigenvalue weighted by atomic mass is 9.99. The topological polar surface area (TPSA) is 146 Å². The maximum atomic E-state index is 11.3. The van der Waals surface area contributed by atoms with Crippen molar-refractivity contribution in [3.63, 3.8) is 0 Å². The summed E-state index contributed by atoms with van der Waals surface area (Å²) in [7, 11) is -6.89. The summed E-state index contributed by atoms with van der Waals surface area (Å²) in [6.45, 7) is -0.657. The number of hydrogen-bond acceptors (Lipinski definition) is 10. The molecule has 0 bridgehead atoms. The third kappa shape index (κ3) is 5.41. The predicted molar refractivity (Wildman–Crippen MR) is 68.2 cm³/mol. The molecule has 0 saturated carbocycles. The highest BCUT2D eigenvalue weighted by Crippen LogP contribution is 2.28. The highest BCUT2D eigenvalue weighted by Gasteiger charge is 2.49. The van der Waals surface area contributed by atoms with Crippen LogP contribution in [0.5, 0.6) is 0 Å². The van der Waals surface area contributed by atoms with Gasteiger partial charge in [-0.3, -0.25) is 8.37 Å². The van der Waals surface area contributed by atoms with Crippen molar-refractivity contribution < 1.29 is 44.9 Å². The molecule has 0 aliphatic carbocycles. The van der Waals surface area contributed by atoms with Gasteiger partial charge < -0.3 is 19.7 Å². The van der Waals surface area contributed by atoms with Crippen LogP contribution in [0.25, 0.3) is 0 Å². The lowest BCUT2D eigenvalue weighted by molar-refractivity contribution is -0.283. The molecule has 2 N–H and O–H groups in total. The van der Waals surface area contributed by atoms with Crippen molar-refractivity contribution in [2.45, 2.75) is 30.7 Å². The minimum Gasteiger partial charge on any atom is -0.394 e. The Morgan fingerprint density at radius 2 is 1.52 bits per heavy atom. The average molecular weight is 350 g/mol. The molecule has 0 spiro atoms. The zero-order chi connectivity index (χ0) is 16.4. The average Bonchev–Trinajstić information content (AvgIpc) is 2.31. The Balaban J connectivity index is 3.16. The standard InChI is InChI=1S/C9H18O10S2/c1-16-9-8(19-21(3,14)15)7(18-20(2,12)13)6(11)5(4-10)17-9/h5-11H,4H2,1-3H3/t5-,6-,7-,8+,9+/m1/s1. The van der Waals surface area contributed by atoms with Crippen molar-refractivity contribution in [2.24, 2.45) is 0 Å². The van der Waals surface area contributed by atoms with Crippen LogP contribution in [0.2, 0.25) is 0 Å². The Hall–Kier alpha value is -0.340. The first-order valence-corrected chi connectivity index (χ1v) is 9.35. The van der Waals surface area contributed by atoms with Crippen molar-refractivity contribution in [3.05, 3.63) is 0 Å². The number of aliphatic hydroxyl groups is 2. The van der Waals surface area contributed by atoms with Crippen molar-refractivity contribution in [1.82, 2.24) is 0 Å². The molecule has 1 aliphatic rings. The van der Waals surface area contributed by atoms with E-state index in [9.17, 15) is 21.9 Å². The Kier molecular flexibility index (Phi) is 6.08. The summed E-state index contributed by atoms with van der Waals surface area (Å²) in [6, 6.07) is 0. The minimum atomic E-state index is -4.04. The quantitative estimate of drug-likeness (QED) is 0.489. The third-order valence-corrected chi connectivity index (χ3v) is 3.75. The van der Waals surface area contributed by atoms with Gasteiger partial charge in [0.1, 0.15) is 18.3 Å². The zero-order valence-corrected chi connectivity index (χ0v) is 13.2. The fraction of sp³-hybridized carbons (Fsp3) is 1.00. The van der Waals surface area contributed by atoms with E-state index in [1.54, 1.807) is 0 Å². The Labute approximate surface area is 122 Å². The lowest BCUT2D eigenvalue weighted by Crippen LogP contribution is -2.61. The third-order valence-electron chi connectivity index (χ3n) is 2.60. The van der Waals surface area contributed by atoms with E-state index in [0.29, 0.717) is 0 Å². The molecule has 0 radical (unpaired) electrons. The van der Waals surface area contributed by atoms with Gasteiger partial charge in [0.25, 0.3) is 20.2 Å². The Bertz CT molecular complexity index is 541. The van der Waals surface area contributed by atoms with Crippen molar-refractivity contribution >= 4 is 20.2 Å². The first-order valence-electron chi connectivity index (χ1n) is 5.72. The van der Waals surface area contributed by atoms with Crippen LogP contribution >= 0.6 is 0 Å². The molecule has 12 heteroatoms. The number of aliphatic hydroxyl groups excluding tert-OH is 2. The van der Waals surface area contributed by atoms with Crippen molar-refractivity contribution in [3.8, 4) is 0 Å². The van der Waals surface area contributed by atoms with Gasteiger partial charge >= 0.3 is 0 Å². The van der Waals surface area contributed by atoms with E-state index in [2.05, 4.69) is 4.18 Å². The van der Waals surface area contributed by atoms with E-state index in [1.165, 1.54) is 0 Å². The van der Waals surface area contributed by atoms with E-state index in [1.807, 2.05) is 0 Å². The maximum absolute atomic E-state index is 11.3. The van der Waals surface area contributed by atoms with E-state index in [-0.39, 0.29) is 0 Å². The van der Waals surface area contributed by atoms with Crippen LogP contribution in [-0.2, 0) is 38.1 Å². The molecule has 1 fully saturated rings. The van der Waals surface area contributed by atoms with Crippen LogP contribution in [0, 0.1) is 0 Å². The van der Waals surface area contributed by atoms with Gasteiger partial charge in [-0.05, 0) is 0 Å². The first-order chi connectivity index (χ1) is 9.48. The molecule has 126 valence electrons. The first kappa shape index (κ1) is 18.7. The van der Waals surface area contributed by atoms with Crippen molar-refractivity contribution in [2.75, 3.05) is 26.2 Å². The fourth-order valence-electron chi connectivity index (χ4n) is 1.85. The van der Waals surface area contributed by atoms with Gasteiger partial charge in [-0.1, -0.05) is 0 Å².